The zero-order chi connectivity index (χ0) is 11.0. The number of nitrogens with one attached hydrogen (secondary N) is 2. The molecule has 0 heterocycles. The molecule has 80 valence electrons. The van der Waals surface area contributed by atoms with Crippen molar-refractivity contribution in [2.75, 3.05) is 19.6 Å². The number of amides is 1. The quantitative estimate of drug-likeness (QED) is 0.614. The van der Waals surface area contributed by atoms with Gasteiger partial charge in [0.25, 0.3) is 0 Å². The predicted octanol–water partition coefficient (Wildman–Crippen LogP) is 0.652. The zero-order valence-corrected chi connectivity index (χ0v) is 9.18. The largest absolute Gasteiger partial charge is 0.355 e. The molecule has 0 aromatic rings. The molecule has 0 aromatic carbocycles. The highest BCUT2D eigenvalue weighted by atomic mass is 16.1. The summed E-state index contributed by atoms with van der Waals surface area (Å²) in [6.07, 6.45) is 0.823. The van der Waals surface area contributed by atoms with E-state index in [0.717, 1.165) is 19.5 Å². The topological polar surface area (TPSA) is 64.9 Å². The first-order valence-electron chi connectivity index (χ1n) is 4.84. The van der Waals surface area contributed by atoms with Crippen molar-refractivity contribution in [1.82, 2.24) is 10.6 Å². The van der Waals surface area contributed by atoms with Gasteiger partial charge in [-0.3, -0.25) is 4.79 Å². The van der Waals surface area contributed by atoms with Crippen LogP contribution in [0.1, 0.15) is 27.2 Å². The van der Waals surface area contributed by atoms with Crippen LogP contribution in [-0.4, -0.2) is 25.5 Å². The normalized spacial score (nSPS) is 10.7. The molecule has 0 aliphatic heterocycles. The maximum Gasteiger partial charge on any atom is 0.216 e. The Hall–Kier alpha value is -1.08. The van der Waals surface area contributed by atoms with E-state index in [-0.39, 0.29) is 11.3 Å². The summed E-state index contributed by atoms with van der Waals surface area (Å²) in [7, 11) is 0. The van der Waals surface area contributed by atoms with Crippen LogP contribution in [0, 0.1) is 16.7 Å². The summed E-state index contributed by atoms with van der Waals surface area (Å²) in [5, 5.41) is 14.6. The second-order valence-electron chi connectivity index (χ2n) is 3.98. The molecule has 0 spiro atoms. The Morgan fingerprint density at radius 3 is 2.50 bits per heavy atom. The summed E-state index contributed by atoms with van der Waals surface area (Å²) in [4.78, 5) is 10.5. The molecular weight excluding hydrogens is 178 g/mol. The highest BCUT2D eigenvalue weighted by molar-refractivity contribution is 5.72. The fraction of sp³-hybridized carbons (Fsp3) is 0.800. The second kappa shape index (κ2) is 6.39. The molecular formula is C10H19N3O. The molecule has 0 atom stereocenters. The first-order chi connectivity index (χ1) is 6.48. The van der Waals surface area contributed by atoms with Crippen molar-refractivity contribution in [1.29, 1.82) is 5.26 Å². The van der Waals surface area contributed by atoms with Gasteiger partial charge in [-0.25, -0.2) is 0 Å². The average molecular weight is 197 g/mol. The molecule has 4 nitrogen and oxygen atoms in total. The Balaban J connectivity index is 3.31. The highest BCUT2D eigenvalue weighted by Gasteiger charge is 2.14. The van der Waals surface area contributed by atoms with Gasteiger partial charge < -0.3 is 10.6 Å². The third kappa shape index (κ3) is 7.56. The van der Waals surface area contributed by atoms with Crippen molar-refractivity contribution in [3.05, 3.63) is 0 Å². The lowest BCUT2D eigenvalue weighted by molar-refractivity contribution is -0.118. The van der Waals surface area contributed by atoms with Gasteiger partial charge in [0.2, 0.25) is 5.91 Å². The molecule has 0 aliphatic rings. The van der Waals surface area contributed by atoms with Crippen molar-refractivity contribution in [2.45, 2.75) is 27.2 Å². The Kier molecular flexibility index (Phi) is 5.89. The van der Waals surface area contributed by atoms with Crippen LogP contribution >= 0.6 is 0 Å². The number of nitrogens with zero attached hydrogens (tertiary/aromatic N) is 1. The van der Waals surface area contributed by atoms with Crippen LogP contribution in [0.15, 0.2) is 0 Å². The number of carbonyl (C=O) groups is 1. The number of rotatable bonds is 6. The maximum atomic E-state index is 10.5. The fourth-order valence-electron chi connectivity index (χ4n) is 0.909. The average Bonchev–Trinajstić information content (AvgIpc) is 2.10. The summed E-state index contributed by atoms with van der Waals surface area (Å²) in [6.45, 7) is 7.54. The first kappa shape index (κ1) is 12.9. The molecule has 0 saturated heterocycles. The SMILES string of the molecule is CC(=O)NCCNCCC(C)(C)C#N. The van der Waals surface area contributed by atoms with Gasteiger partial charge in [0, 0.05) is 20.0 Å². The van der Waals surface area contributed by atoms with E-state index >= 15 is 0 Å². The van der Waals surface area contributed by atoms with E-state index in [0.29, 0.717) is 6.54 Å². The van der Waals surface area contributed by atoms with Gasteiger partial charge in [-0.15, -0.1) is 0 Å². The molecule has 2 N–H and O–H groups in total. The Labute approximate surface area is 85.7 Å². The van der Waals surface area contributed by atoms with Gasteiger partial charge in [0.05, 0.1) is 11.5 Å². The Morgan fingerprint density at radius 2 is 2.00 bits per heavy atom. The molecule has 0 bridgehead atoms. The van der Waals surface area contributed by atoms with Crippen LogP contribution < -0.4 is 10.6 Å². The zero-order valence-electron chi connectivity index (χ0n) is 9.18. The molecule has 4 heteroatoms. The molecule has 0 rings (SSSR count). The monoisotopic (exact) mass is 197 g/mol. The minimum absolute atomic E-state index is 0.0100. The summed E-state index contributed by atoms with van der Waals surface area (Å²) in [5.74, 6) is -0.0100. The third-order valence-corrected chi connectivity index (χ3v) is 1.91. The molecule has 0 aromatic heterocycles. The number of hydrogen-bond donors (Lipinski definition) is 2. The van der Waals surface area contributed by atoms with E-state index in [1.807, 2.05) is 13.8 Å². The van der Waals surface area contributed by atoms with Crippen molar-refractivity contribution >= 4 is 5.91 Å². The van der Waals surface area contributed by atoms with Gasteiger partial charge >= 0.3 is 0 Å². The van der Waals surface area contributed by atoms with Crippen LogP contribution in [-0.2, 0) is 4.79 Å². The summed E-state index contributed by atoms with van der Waals surface area (Å²) >= 11 is 0. The summed E-state index contributed by atoms with van der Waals surface area (Å²) < 4.78 is 0. The minimum atomic E-state index is -0.263. The molecule has 0 unspecified atom stereocenters. The lowest BCUT2D eigenvalue weighted by atomic mass is 9.92. The van der Waals surface area contributed by atoms with E-state index in [9.17, 15) is 4.79 Å². The first-order valence-corrected chi connectivity index (χ1v) is 4.84. The molecule has 14 heavy (non-hydrogen) atoms. The van der Waals surface area contributed by atoms with Crippen molar-refractivity contribution in [3.63, 3.8) is 0 Å². The van der Waals surface area contributed by atoms with Gasteiger partial charge in [0.1, 0.15) is 0 Å². The highest BCUT2D eigenvalue weighted by Crippen LogP contribution is 2.16. The third-order valence-electron chi connectivity index (χ3n) is 1.91. The molecule has 0 saturated carbocycles. The van der Waals surface area contributed by atoms with Crippen LogP contribution in [0.2, 0.25) is 0 Å². The Morgan fingerprint density at radius 1 is 1.36 bits per heavy atom. The van der Waals surface area contributed by atoms with E-state index in [1.54, 1.807) is 0 Å². The molecule has 0 fully saturated rings. The number of nitriles is 1. The van der Waals surface area contributed by atoms with Gasteiger partial charge in [-0.2, -0.15) is 5.26 Å². The van der Waals surface area contributed by atoms with Gasteiger partial charge in [-0.05, 0) is 26.8 Å². The summed E-state index contributed by atoms with van der Waals surface area (Å²) in [6, 6.07) is 2.24. The van der Waals surface area contributed by atoms with Crippen molar-refractivity contribution in [2.24, 2.45) is 5.41 Å². The van der Waals surface area contributed by atoms with Crippen molar-refractivity contribution < 1.29 is 4.79 Å². The van der Waals surface area contributed by atoms with Crippen LogP contribution in [0.25, 0.3) is 0 Å². The number of hydrogen-bond acceptors (Lipinski definition) is 3. The standard InChI is InChI=1S/C10H19N3O/c1-9(14)13-7-6-12-5-4-10(2,3)8-11/h12H,4-7H2,1-3H3,(H,13,14). The van der Waals surface area contributed by atoms with E-state index in [4.69, 9.17) is 5.26 Å². The molecule has 0 aliphatic carbocycles. The second-order valence-corrected chi connectivity index (χ2v) is 3.98. The van der Waals surface area contributed by atoms with E-state index in [1.165, 1.54) is 6.92 Å². The number of carbonyl (C=O) groups excluding carboxylic acids is 1. The maximum absolute atomic E-state index is 10.5. The van der Waals surface area contributed by atoms with Crippen molar-refractivity contribution in [3.8, 4) is 6.07 Å². The summed E-state index contributed by atoms with van der Waals surface area (Å²) in [5.41, 5.74) is -0.263. The van der Waals surface area contributed by atoms with Crippen LogP contribution in [0.3, 0.4) is 0 Å². The van der Waals surface area contributed by atoms with Gasteiger partial charge in [0.15, 0.2) is 0 Å². The fourth-order valence-corrected chi connectivity index (χ4v) is 0.909. The van der Waals surface area contributed by atoms with E-state index < -0.39 is 0 Å². The van der Waals surface area contributed by atoms with Crippen LogP contribution in [0.4, 0.5) is 0 Å². The molecule has 0 radical (unpaired) electrons. The lowest BCUT2D eigenvalue weighted by Gasteiger charge is -2.14. The van der Waals surface area contributed by atoms with E-state index in [2.05, 4.69) is 16.7 Å². The molecule has 1 amide bonds. The minimum Gasteiger partial charge on any atom is -0.355 e. The lowest BCUT2D eigenvalue weighted by Crippen LogP contribution is -2.31. The smallest absolute Gasteiger partial charge is 0.216 e. The predicted molar refractivity (Wildman–Crippen MR) is 55.6 cm³/mol. The van der Waals surface area contributed by atoms with Crippen LogP contribution in [0.5, 0.6) is 0 Å². The van der Waals surface area contributed by atoms with Gasteiger partial charge in [-0.1, -0.05) is 0 Å². The Bertz CT molecular complexity index is 218.